The average molecular weight is 435 g/mol. The highest BCUT2D eigenvalue weighted by Crippen LogP contribution is 2.44. The topological polar surface area (TPSA) is 18.5 Å². The van der Waals surface area contributed by atoms with Gasteiger partial charge in [-0.05, 0) is 35.2 Å². The molecule has 0 saturated heterocycles. The fraction of sp³-hybridized carbons (Fsp3) is 0.923. The molecule has 2 aliphatic carbocycles. The number of hydrogen-bond acceptors (Lipinski definition) is 2. The van der Waals surface area contributed by atoms with E-state index in [2.05, 4.69) is 61.2 Å². The molecular weight excluding hydrogens is 383 g/mol. The van der Waals surface area contributed by atoms with Gasteiger partial charge >= 0.3 is 6.92 Å². The summed E-state index contributed by atoms with van der Waals surface area (Å²) >= 11 is 0. The molecule has 0 heterocycles. The fourth-order valence-corrected chi connectivity index (χ4v) is 6.51. The lowest BCUT2D eigenvalue weighted by Crippen LogP contribution is -2.47. The minimum atomic E-state index is -1.85. The summed E-state index contributed by atoms with van der Waals surface area (Å²) in [6.45, 7) is 23.4. The average Bonchev–Trinajstić information content (AvgIpc) is 2.65. The van der Waals surface area contributed by atoms with Crippen molar-refractivity contribution >= 4 is 15.2 Å². The molecule has 0 aromatic heterocycles. The molecule has 2 aliphatic rings. The van der Waals surface area contributed by atoms with Gasteiger partial charge in [0.2, 0.25) is 0 Å². The normalized spacial score (nSPS) is 21.3. The molecule has 0 radical (unpaired) electrons. The Morgan fingerprint density at radius 1 is 0.867 bits per heavy atom. The molecule has 174 valence electrons. The first-order valence-corrected chi connectivity index (χ1v) is 15.7. The highest BCUT2D eigenvalue weighted by molar-refractivity contribution is 6.74. The van der Waals surface area contributed by atoms with Crippen LogP contribution in [0.2, 0.25) is 29.8 Å². The van der Waals surface area contributed by atoms with E-state index < -0.39 is 8.32 Å². The summed E-state index contributed by atoms with van der Waals surface area (Å²) in [5.41, 5.74) is 0.0764. The Morgan fingerprint density at radius 2 is 1.30 bits per heavy atom. The highest BCUT2D eigenvalue weighted by Gasteiger charge is 2.43. The largest absolute Gasteiger partial charge is 0.563 e. The van der Waals surface area contributed by atoms with Crippen LogP contribution in [0.5, 0.6) is 0 Å². The van der Waals surface area contributed by atoms with Gasteiger partial charge in [-0.3, -0.25) is 0 Å². The van der Waals surface area contributed by atoms with Crippen LogP contribution in [0.4, 0.5) is 0 Å². The maximum atomic E-state index is 6.91. The maximum Gasteiger partial charge on any atom is 0.363 e. The lowest BCUT2D eigenvalue weighted by molar-refractivity contribution is 0.0651. The molecule has 0 bridgehead atoms. The molecule has 0 aromatic rings. The summed E-state index contributed by atoms with van der Waals surface area (Å²) in [5, 5.41) is 0.214. The van der Waals surface area contributed by atoms with Gasteiger partial charge in [0, 0.05) is 6.42 Å². The van der Waals surface area contributed by atoms with Crippen molar-refractivity contribution < 1.29 is 9.08 Å². The van der Waals surface area contributed by atoms with Crippen molar-refractivity contribution in [2.24, 2.45) is 5.41 Å². The van der Waals surface area contributed by atoms with Gasteiger partial charge in [0.05, 0.1) is 11.9 Å². The van der Waals surface area contributed by atoms with Crippen LogP contribution in [-0.2, 0) is 9.08 Å². The Balaban J connectivity index is 2.09. The first-order chi connectivity index (χ1) is 13.8. The second-order valence-corrected chi connectivity index (χ2v) is 17.6. The van der Waals surface area contributed by atoms with Crippen LogP contribution in [0.1, 0.15) is 112 Å². The molecule has 0 amide bonds. The minimum Gasteiger partial charge on any atom is -0.563 e. The summed E-state index contributed by atoms with van der Waals surface area (Å²) in [6.07, 6.45) is 14.7. The second-order valence-electron chi connectivity index (χ2n) is 12.9. The van der Waals surface area contributed by atoms with Crippen molar-refractivity contribution in [2.75, 3.05) is 0 Å². The van der Waals surface area contributed by atoms with E-state index in [-0.39, 0.29) is 16.6 Å². The Hall–Kier alpha value is -0.218. The molecule has 0 aliphatic heterocycles. The van der Waals surface area contributed by atoms with E-state index in [1.54, 1.807) is 0 Å². The third kappa shape index (κ3) is 7.43. The van der Waals surface area contributed by atoms with Crippen molar-refractivity contribution in [3.63, 3.8) is 0 Å². The Morgan fingerprint density at radius 3 is 1.67 bits per heavy atom. The van der Waals surface area contributed by atoms with Crippen molar-refractivity contribution in [3.8, 4) is 0 Å². The first-order valence-electron chi connectivity index (χ1n) is 12.8. The first kappa shape index (κ1) is 26.0. The molecule has 0 aromatic carbocycles. The van der Waals surface area contributed by atoms with Crippen molar-refractivity contribution in [1.82, 2.24) is 0 Å². The summed E-state index contributed by atoms with van der Waals surface area (Å²) in [5.74, 6) is 2.43. The van der Waals surface area contributed by atoms with Crippen LogP contribution in [0.15, 0.2) is 12.3 Å². The van der Waals surface area contributed by atoms with Gasteiger partial charge in [0.25, 0.3) is 0 Å². The molecule has 1 atom stereocenters. The van der Waals surface area contributed by atoms with Gasteiger partial charge in [0.1, 0.15) is 0 Å². The van der Waals surface area contributed by atoms with Gasteiger partial charge < -0.3 is 9.08 Å². The molecule has 2 rings (SSSR count). The Bertz CT molecular complexity index is 516. The van der Waals surface area contributed by atoms with Gasteiger partial charge in [-0.1, -0.05) is 112 Å². The molecule has 2 nitrogen and oxygen atoms in total. The maximum absolute atomic E-state index is 6.91. The van der Waals surface area contributed by atoms with Crippen LogP contribution in [0.25, 0.3) is 0 Å². The zero-order chi connectivity index (χ0) is 22.6. The van der Waals surface area contributed by atoms with Crippen molar-refractivity contribution in [2.45, 2.75) is 148 Å². The zero-order valence-electron chi connectivity index (χ0n) is 21.6. The quantitative estimate of drug-likeness (QED) is 0.280. The molecule has 2 fully saturated rings. The summed E-state index contributed by atoms with van der Waals surface area (Å²) < 4.78 is 13.7. The summed E-state index contributed by atoms with van der Waals surface area (Å²) in [7, 11) is -1.85. The van der Waals surface area contributed by atoms with E-state index in [4.69, 9.17) is 9.08 Å². The number of hydrogen-bond donors (Lipinski definition) is 0. The molecule has 0 N–H and O–H groups in total. The van der Waals surface area contributed by atoms with E-state index in [1.807, 2.05) is 0 Å². The van der Waals surface area contributed by atoms with Crippen molar-refractivity contribution in [1.29, 1.82) is 0 Å². The van der Waals surface area contributed by atoms with Crippen LogP contribution in [0, 0.1) is 5.41 Å². The molecule has 0 spiro atoms. The van der Waals surface area contributed by atoms with E-state index in [1.165, 1.54) is 64.2 Å². The molecule has 4 heteroatoms. The van der Waals surface area contributed by atoms with Crippen LogP contribution < -0.4 is 0 Å². The smallest absolute Gasteiger partial charge is 0.363 e. The monoisotopic (exact) mass is 434 g/mol. The standard InChI is InChI=1S/C26H51BO2Si/c1-21(20-24(25(2,3)4)29-30(8,9)26(5,6)7)28-27(22-16-12-10-13-17-22)23-18-14-11-15-19-23/h22-24H,1,10-20H2,2-9H3/t24-/m1/s1. The fourth-order valence-electron chi connectivity index (χ4n) is 5.01. The second kappa shape index (κ2) is 10.6. The zero-order valence-corrected chi connectivity index (χ0v) is 22.6. The van der Waals surface area contributed by atoms with Crippen LogP contribution in [-0.4, -0.2) is 21.3 Å². The Labute approximate surface area is 190 Å². The third-order valence-electron chi connectivity index (χ3n) is 8.15. The van der Waals surface area contributed by atoms with E-state index in [0.29, 0.717) is 6.92 Å². The Kier molecular flexibility index (Phi) is 9.20. The summed E-state index contributed by atoms with van der Waals surface area (Å²) in [4.78, 5) is 0. The third-order valence-corrected chi connectivity index (χ3v) is 12.6. The molecular formula is C26H51BO2Si. The minimum absolute atomic E-state index is 0.0764. The lowest BCUT2D eigenvalue weighted by Gasteiger charge is -2.44. The van der Waals surface area contributed by atoms with Gasteiger partial charge in [-0.2, -0.15) is 0 Å². The van der Waals surface area contributed by atoms with Crippen LogP contribution >= 0.6 is 0 Å². The van der Waals surface area contributed by atoms with Crippen molar-refractivity contribution in [3.05, 3.63) is 12.3 Å². The number of rotatable bonds is 8. The molecule has 2 saturated carbocycles. The van der Waals surface area contributed by atoms with E-state index in [0.717, 1.165) is 23.8 Å². The van der Waals surface area contributed by atoms with E-state index in [9.17, 15) is 0 Å². The van der Waals surface area contributed by atoms with E-state index >= 15 is 0 Å². The molecule has 0 unspecified atom stereocenters. The van der Waals surface area contributed by atoms with Gasteiger partial charge in [-0.25, -0.2) is 0 Å². The lowest BCUT2D eigenvalue weighted by atomic mass is 9.41. The van der Waals surface area contributed by atoms with Gasteiger partial charge in [-0.15, -0.1) is 0 Å². The SMILES string of the molecule is C=C(C[C@@H](O[Si](C)(C)C(C)(C)C)C(C)(C)C)OB(C1CCCCC1)C1CCCCC1. The molecule has 30 heavy (non-hydrogen) atoms. The predicted octanol–water partition coefficient (Wildman–Crippen LogP) is 9.00. The predicted molar refractivity (Wildman–Crippen MR) is 136 cm³/mol. The van der Waals surface area contributed by atoms with Crippen LogP contribution in [0.3, 0.4) is 0 Å². The summed E-state index contributed by atoms with van der Waals surface area (Å²) in [6, 6.07) is 0. The highest BCUT2D eigenvalue weighted by atomic mass is 28.4. The van der Waals surface area contributed by atoms with Gasteiger partial charge in [0.15, 0.2) is 8.32 Å².